The summed E-state index contributed by atoms with van der Waals surface area (Å²) in [6.07, 6.45) is 0. The molecular formula is C100H60N10. The molecule has 0 spiro atoms. The normalized spacial score (nSPS) is 12.0. The Kier molecular flexibility index (Phi) is 13.3. The Morgan fingerprint density at radius 2 is 0.464 bits per heavy atom. The fourth-order valence-corrected chi connectivity index (χ4v) is 18.0. The summed E-state index contributed by atoms with van der Waals surface area (Å²) < 4.78 is 14.3. The average Bonchev–Trinajstić information content (AvgIpc) is 1.55. The average molecular weight is 1400 g/mol. The molecule has 10 heteroatoms. The molecule has 7 heterocycles. The highest BCUT2D eigenvalue weighted by molar-refractivity contribution is 6.17. The van der Waals surface area contributed by atoms with Gasteiger partial charge in [-0.2, -0.15) is 5.26 Å². The fraction of sp³-hybridized carbons (Fsp3) is 0. The summed E-state index contributed by atoms with van der Waals surface area (Å²) in [6.45, 7) is 0. The molecular weight excluding hydrogens is 1340 g/mol. The molecule has 0 fully saturated rings. The van der Waals surface area contributed by atoms with Gasteiger partial charge >= 0.3 is 0 Å². The third-order valence-corrected chi connectivity index (χ3v) is 22.7. The van der Waals surface area contributed by atoms with Gasteiger partial charge in [-0.1, -0.05) is 231 Å². The van der Waals surface area contributed by atoms with E-state index in [9.17, 15) is 5.26 Å². The van der Waals surface area contributed by atoms with Crippen molar-refractivity contribution in [3.05, 3.63) is 370 Å². The maximum atomic E-state index is 12.5. The Morgan fingerprint density at radius 3 is 0.773 bits per heavy atom. The van der Waals surface area contributed by atoms with Crippen molar-refractivity contribution in [3.63, 3.8) is 0 Å². The summed E-state index contributed by atoms with van der Waals surface area (Å²) in [5.74, 6) is 1.62. The molecule has 23 aromatic rings. The Labute approximate surface area is 629 Å². The van der Waals surface area contributed by atoms with Crippen molar-refractivity contribution in [3.8, 4) is 85.5 Å². The number of fused-ring (bicyclic) bond motifs is 18. The molecule has 0 atom stereocenters. The molecule has 0 bridgehead atoms. The Morgan fingerprint density at radius 1 is 0.191 bits per heavy atom. The van der Waals surface area contributed by atoms with Crippen LogP contribution < -0.4 is 0 Å². The summed E-state index contributed by atoms with van der Waals surface area (Å²) in [5, 5.41) is 26.2. The van der Waals surface area contributed by atoms with Crippen LogP contribution in [0.4, 0.5) is 0 Å². The molecule has 16 aromatic carbocycles. The van der Waals surface area contributed by atoms with E-state index in [0.717, 1.165) is 150 Å². The van der Waals surface area contributed by atoms with E-state index in [1.54, 1.807) is 0 Å². The summed E-state index contributed by atoms with van der Waals surface area (Å²) in [6, 6.07) is 133. The van der Waals surface area contributed by atoms with Gasteiger partial charge in [0.2, 0.25) is 0 Å². The van der Waals surface area contributed by atoms with Gasteiger partial charge in [0.1, 0.15) is 6.07 Å². The molecule has 0 saturated heterocycles. The topological polar surface area (TPSA) is 92.0 Å². The lowest BCUT2D eigenvalue weighted by Crippen LogP contribution is -2.04. The monoisotopic (exact) mass is 1400 g/mol. The number of hydrogen-bond acceptors (Lipinski definition) is 4. The van der Waals surface area contributed by atoms with Gasteiger partial charge in [0.25, 0.3) is 0 Å². The van der Waals surface area contributed by atoms with Crippen LogP contribution in [-0.2, 0) is 0 Å². The first-order chi connectivity index (χ1) is 54.5. The molecule has 0 saturated carbocycles. The smallest absolute Gasteiger partial charge is 0.164 e. The van der Waals surface area contributed by atoms with Gasteiger partial charge in [0.05, 0.1) is 83.1 Å². The molecule has 0 unspecified atom stereocenters. The number of benzene rings is 16. The minimum atomic E-state index is 0.508. The van der Waals surface area contributed by atoms with Crippen LogP contribution in [0, 0.1) is 11.3 Å². The Balaban J connectivity index is 0.800. The van der Waals surface area contributed by atoms with Gasteiger partial charge in [-0.05, 0) is 133 Å². The largest absolute Gasteiger partial charge is 0.309 e. The molecule has 10 nitrogen and oxygen atoms in total. The third-order valence-electron chi connectivity index (χ3n) is 22.7. The number of rotatable bonds is 10. The molecule has 23 rings (SSSR count). The number of nitrogens with zero attached hydrogens (tertiary/aromatic N) is 10. The highest BCUT2D eigenvalue weighted by Crippen LogP contribution is 2.47. The second kappa shape index (κ2) is 23.9. The molecule has 510 valence electrons. The van der Waals surface area contributed by atoms with Crippen LogP contribution in [0.15, 0.2) is 364 Å². The molecule has 0 N–H and O–H groups in total. The van der Waals surface area contributed by atoms with E-state index in [0.29, 0.717) is 23.0 Å². The number of nitriles is 1. The second-order valence-corrected chi connectivity index (χ2v) is 28.5. The van der Waals surface area contributed by atoms with Crippen molar-refractivity contribution in [2.24, 2.45) is 0 Å². The van der Waals surface area contributed by atoms with Crippen LogP contribution >= 0.6 is 0 Å². The van der Waals surface area contributed by atoms with Crippen LogP contribution in [0.3, 0.4) is 0 Å². The van der Waals surface area contributed by atoms with Gasteiger partial charge in [-0.15, -0.1) is 0 Å². The van der Waals surface area contributed by atoms with Gasteiger partial charge in [-0.3, -0.25) is 0 Å². The predicted molar refractivity (Wildman–Crippen MR) is 452 cm³/mol. The fourth-order valence-electron chi connectivity index (χ4n) is 18.0. The van der Waals surface area contributed by atoms with Crippen molar-refractivity contribution in [2.45, 2.75) is 0 Å². The minimum absolute atomic E-state index is 0.508. The summed E-state index contributed by atoms with van der Waals surface area (Å²) in [5.41, 5.74) is 23.2. The van der Waals surface area contributed by atoms with E-state index in [2.05, 4.69) is 337 Å². The maximum Gasteiger partial charge on any atom is 0.164 e. The standard InChI is InChI=1S/C100H60N10/c101-61-83-69(36-23-45-92(83)109-93-52-47-65(105-84-37-15-7-28-70(84)71-29-8-16-38-85(71)105)57-79(93)80-58-66(48-53-94(80)109)106-86-39-17-9-30-72(86)73-31-10-18-40-87(73)106)78-51-46-64(100-103-98(62-24-3-1-4-25-62)102-99(104-100)63-26-5-2-6-27-63)56-97(78)110-95-54-49-67(107-88-41-19-11-32-74(88)75-33-12-20-42-89(75)107)59-81(95)82-60-68(50-55-96(82)110)108-90-43-21-13-34-76(90)77-35-14-22-44-91(77)108/h1-60H. The van der Waals surface area contributed by atoms with Crippen LogP contribution in [0.5, 0.6) is 0 Å². The highest BCUT2D eigenvalue weighted by Gasteiger charge is 2.27. The van der Waals surface area contributed by atoms with Crippen LogP contribution in [0.25, 0.3) is 210 Å². The van der Waals surface area contributed by atoms with Gasteiger partial charge in [-0.25, -0.2) is 15.0 Å². The van der Waals surface area contributed by atoms with E-state index < -0.39 is 0 Å². The first-order valence-electron chi connectivity index (χ1n) is 37.2. The predicted octanol–water partition coefficient (Wildman–Crippen LogP) is 25.0. The SMILES string of the molecule is N#Cc1c(-c2ccc(-c3nc(-c4ccccc4)nc(-c4ccccc4)n3)cc2-n2c3ccc(-n4c5ccccc5c5ccccc54)cc3c3cc(-n4c5ccccc5c5ccccc54)ccc32)cccc1-n1c2ccc(-n3c4ccccc4c4ccccc43)cc2c2cc(-n3c4ccccc4c4ccccc43)ccc21. The number of para-hydroxylation sites is 8. The lowest BCUT2D eigenvalue weighted by atomic mass is 9.95. The van der Waals surface area contributed by atoms with Crippen molar-refractivity contribution < 1.29 is 0 Å². The maximum absolute atomic E-state index is 12.5. The van der Waals surface area contributed by atoms with E-state index in [4.69, 9.17) is 15.0 Å². The van der Waals surface area contributed by atoms with E-state index >= 15 is 0 Å². The molecule has 0 aliphatic heterocycles. The molecule has 0 amide bonds. The molecule has 0 aliphatic carbocycles. The van der Waals surface area contributed by atoms with Crippen molar-refractivity contribution >= 4 is 131 Å². The lowest BCUT2D eigenvalue weighted by molar-refractivity contribution is 1.07. The molecule has 110 heavy (non-hydrogen) atoms. The Bertz CT molecular complexity index is 7250. The zero-order chi connectivity index (χ0) is 72.2. The van der Waals surface area contributed by atoms with Crippen molar-refractivity contribution in [1.82, 2.24) is 42.4 Å². The first kappa shape index (κ1) is 61.2. The van der Waals surface area contributed by atoms with E-state index in [-0.39, 0.29) is 0 Å². The van der Waals surface area contributed by atoms with Gasteiger partial charge in [0, 0.05) is 115 Å². The Hall–Kier alpha value is -15.2. The molecule has 0 radical (unpaired) electrons. The summed E-state index contributed by atoms with van der Waals surface area (Å²) >= 11 is 0. The lowest BCUT2D eigenvalue weighted by Gasteiger charge is -2.19. The summed E-state index contributed by atoms with van der Waals surface area (Å²) in [7, 11) is 0. The second-order valence-electron chi connectivity index (χ2n) is 28.5. The van der Waals surface area contributed by atoms with E-state index in [1.807, 2.05) is 60.7 Å². The quantitative estimate of drug-likeness (QED) is 0.136. The first-order valence-corrected chi connectivity index (χ1v) is 37.2. The van der Waals surface area contributed by atoms with Gasteiger partial charge in [0.15, 0.2) is 17.5 Å². The van der Waals surface area contributed by atoms with E-state index in [1.165, 1.54) is 43.1 Å². The molecule has 7 aromatic heterocycles. The number of aromatic nitrogens is 9. The van der Waals surface area contributed by atoms with Crippen LogP contribution in [0.2, 0.25) is 0 Å². The molecule has 0 aliphatic rings. The number of hydrogen-bond donors (Lipinski definition) is 0. The van der Waals surface area contributed by atoms with Crippen molar-refractivity contribution in [1.29, 1.82) is 5.26 Å². The van der Waals surface area contributed by atoms with Crippen LogP contribution in [0.1, 0.15) is 5.56 Å². The van der Waals surface area contributed by atoms with Gasteiger partial charge < -0.3 is 27.4 Å². The minimum Gasteiger partial charge on any atom is -0.309 e. The zero-order valence-corrected chi connectivity index (χ0v) is 59.1. The van der Waals surface area contributed by atoms with Crippen molar-refractivity contribution in [2.75, 3.05) is 0 Å². The third kappa shape index (κ3) is 9.06. The van der Waals surface area contributed by atoms with Crippen LogP contribution in [-0.4, -0.2) is 42.4 Å². The summed E-state index contributed by atoms with van der Waals surface area (Å²) in [4.78, 5) is 15.9. The highest BCUT2D eigenvalue weighted by atomic mass is 15.1. The zero-order valence-electron chi connectivity index (χ0n) is 59.1.